The van der Waals surface area contributed by atoms with Crippen LogP contribution < -0.4 is 0 Å². The van der Waals surface area contributed by atoms with E-state index in [2.05, 4.69) is 52.3 Å². The zero-order valence-corrected chi connectivity index (χ0v) is 13.8. The summed E-state index contributed by atoms with van der Waals surface area (Å²) in [6, 6.07) is 14.6. The second-order valence-corrected chi connectivity index (χ2v) is 6.04. The number of rotatable bonds is 3. The van der Waals surface area contributed by atoms with Gasteiger partial charge in [0.25, 0.3) is 0 Å². The van der Waals surface area contributed by atoms with Crippen LogP contribution >= 0.6 is 0 Å². The van der Waals surface area contributed by atoms with Crippen LogP contribution in [-0.2, 0) is 6.54 Å². The van der Waals surface area contributed by atoms with E-state index in [-0.39, 0.29) is 0 Å². The predicted molar refractivity (Wildman–Crippen MR) is 95.8 cm³/mol. The summed E-state index contributed by atoms with van der Waals surface area (Å²) in [5.41, 5.74) is 5.46. The molecule has 0 radical (unpaired) electrons. The van der Waals surface area contributed by atoms with Gasteiger partial charge in [0.1, 0.15) is 0 Å². The maximum Gasteiger partial charge on any atom is 0.0708 e. The van der Waals surface area contributed by atoms with Crippen molar-refractivity contribution < 1.29 is 0 Å². The first-order valence-corrected chi connectivity index (χ1v) is 8.00. The zero-order chi connectivity index (χ0) is 16.5. The van der Waals surface area contributed by atoms with Gasteiger partial charge in [0.05, 0.1) is 17.9 Å². The third-order valence-electron chi connectivity index (χ3n) is 4.22. The summed E-state index contributed by atoms with van der Waals surface area (Å²) in [5, 5.41) is 6.81. The van der Waals surface area contributed by atoms with E-state index in [4.69, 9.17) is 0 Å². The fraction of sp³-hybridized carbons (Fsp3) is 0.150. The van der Waals surface area contributed by atoms with Crippen LogP contribution in [0, 0.1) is 13.8 Å². The van der Waals surface area contributed by atoms with Gasteiger partial charge in [-0.25, -0.2) is 0 Å². The first-order valence-electron chi connectivity index (χ1n) is 8.00. The van der Waals surface area contributed by atoms with Gasteiger partial charge >= 0.3 is 0 Å². The van der Waals surface area contributed by atoms with E-state index in [0.29, 0.717) is 0 Å². The molecule has 118 valence electrons. The quantitative estimate of drug-likeness (QED) is 0.570. The summed E-state index contributed by atoms with van der Waals surface area (Å²) >= 11 is 0. The van der Waals surface area contributed by atoms with Gasteiger partial charge in [0, 0.05) is 35.2 Å². The highest BCUT2D eigenvalue weighted by Gasteiger charge is 2.06. The Bertz CT molecular complexity index is 995. The van der Waals surface area contributed by atoms with Crippen molar-refractivity contribution in [1.29, 1.82) is 0 Å². The molecule has 0 aliphatic rings. The van der Waals surface area contributed by atoms with E-state index in [1.165, 1.54) is 5.39 Å². The highest BCUT2D eigenvalue weighted by Crippen LogP contribution is 2.26. The summed E-state index contributed by atoms with van der Waals surface area (Å²) in [4.78, 5) is 8.86. The minimum absolute atomic E-state index is 0.742. The van der Waals surface area contributed by atoms with Crippen LogP contribution in [0.4, 0.5) is 0 Å². The first kappa shape index (κ1) is 14.6. The molecule has 0 aliphatic heterocycles. The molecule has 4 rings (SSSR count). The monoisotopic (exact) mass is 314 g/mol. The standard InChI is InChI=1S/C20H18N4/c1-14-10-15(2)24(23-14)13-16-6-7-20(22-11-16)19-5-3-4-17-12-21-9-8-18(17)19/h3-12H,13H2,1-2H3. The number of hydrogen-bond donors (Lipinski definition) is 0. The van der Waals surface area contributed by atoms with Crippen molar-refractivity contribution in [2.24, 2.45) is 0 Å². The van der Waals surface area contributed by atoms with E-state index in [9.17, 15) is 0 Å². The molecule has 0 saturated heterocycles. The van der Waals surface area contributed by atoms with Crippen LogP contribution in [0.15, 0.2) is 61.1 Å². The molecule has 0 fully saturated rings. The van der Waals surface area contributed by atoms with Gasteiger partial charge < -0.3 is 0 Å². The summed E-state index contributed by atoms with van der Waals surface area (Å²) in [5.74, 6) is 0. The zero-order valence-electron chi connectivity index (χ0n) is 13.8. The number of pyridine rings is 2. The number of fused-ring (bicyclic) bond motifs is 1. The Kier molecular flexibility index (Phi) is 3.58. The van der Waals surface area contributed by atoms with E-state index < -0.39 is 0 Å². The SMILES string of the molecule is Cc1cc(C)n(Cc2ccc(-c3cccc4cnccc34)nc2)n1. The maximum absolute atomic E-state index is 4.67. The van der Waals surface area contributed by atoms with Gasteiger partial charge in [-0.1, -0.05) is 24.3 Å². The van der Waals surface area contributed by atoms with Crippen molar-refractivity contribution >= 4 is 10.8 Å². The van der Waals surface area contributed by atoms with E-state index in [1.807, 2.05) is 42.3 Å². The van der Waals surface area contributed by atoms with Gasteiger partial charge in [-0.05, 0) is 43.0 Å². The Labute approximate surface area is 140 Å². The molecule has 24 heavy (non-hydrogen) atoms. The third kappa shape index (κ3) is 2.67. The van der Waals surface area contributed by atoms with Crippen molar-refractivity contribution in [3.05, 3.63) is 78.0 Å². The van der Waals surface area contributed by atoms with Crippen molar-refractivity contribution in [3.63, 3.8) is 0 Å². The van der Waals surface area contributed by atoms with Crippen molar-refractivity contribution in [1.82, 2.24) is 19.7 Å². The normalized spacial score (nSPS) is 11.1. The number of aryl methyl sites for hydroxylation is 2. The molecular formula is C20H18N4. The molecular weight excluding hydrogens is 296 g/mol. The highest BCUT2D eigenvalue weighted by atomic mass is 15.3. The molecule has 0 amide bonds. The minimum atomic E-state index is 0.742. The molecule has 0 aliphatic carbocycles. The predicted octanol–water partition coefficient (Wildman–Crippen LogP) is 4.16. The minimum Gasteiger partial charge on any atom is -0.265 e. The molecule has 0 unspecified atom stereocenters. The van der Waals surface area contributed by atoms with Crippen LogP contribution in [-0.4, -0.2) is 19.7 Å². The molecule has 0 saturated carbocycles. The van der Waals surface area contributed by atoms with Crippen molar-refractivity contribution in [2.45, 2.75) is 20.4 Å². The summed E-state index contributed by atoms with van der Waals surface area (Å²) in [6.45, 7) is 4.83. The van der Waals surface area contributed by atoms with Crippen LogP contribution in [0.1, 0.15) is 17.0 Å². The number of benzene rings is 1. The lowest BCUT2D eigenvalue weighted by Crippen LogP contribution is -2.04. The molecule has 3 aromatic heterocycles. The Morgan fingerprint density at radius 1 is 1.00 bits per heavy atom. The maximum atomic E-state index is 4.67. The Balaban J connectivity index is 1.67. The lowest BCUT2D eigenvalue weighted by molar-refractivity contribution is 0.657. The summed E-state index contributed by atoms with van der Waals surface area (Å²) in [7, 11) is 0. The van der Waals surface area contributed by atoms with Gasteiger partial charge in [-0.2, -0.15) is 5.10 Å². The van der Waals surface area contributed by atoms with Crippen molar-refractivity contribution in [3.8, 4) is 11.3 Å². The van der Waals surface area contributed by atoms with E-state index >= 15 is 0 Å². The molecule has 0 spiro atoms. The fourth-order valence-electron chi connectivity index (χ4n) is 3.03. The number of aromatic nitrogens is 4. The molecule has 3 heterocycles. The van der Waals surface area contributed by atoms with Crippen molar-refractivity contribution in [2.75, 3.05) is 0 Å². The number of nitrogens with zero attached hydrogens (tertiary/aromatic N) is 4. The molecule has 4 aromatic rings. The van der Waals surface area contributed by atoms with Gasteiger partial charge in [0.15, 0.2) is 0 Å². The fourth-order valence-corrected chi connectivity index (χ4v) is 3.03. The first-order chi connectivity index (χ1) is 11.7. The highest BCUT2D eigenvalue weighted by molar-refractivity contribution is 5.95. The average Bonchev–Trinajstić information content (AvgIpc) is 2.92. The topological polar surface area (TPSA) is 43.6 Å². The second-order valence-electron chi connectivity index (χ2n) is 6.04. The Morgan fingerprint density at radius 2 is 1.92 bits per heavy atom. The average molecular weight is 314 g/mol. The largest absolute Gasteiger partial charge is 0.265 e. The molecule has 0 N–H and O–H groups in total. The van der Waals surface area contributed by atoms with Gasteiger partial charge in [-0.3, -0.25) is 14.6 Å². The molecule has 0 atom stereocenters. The van der Waals surface area contributed by atoms with Crippen LogP contribution in [0.25, 0.3) is 22.0 Å². The smallest absolute Gasteiger partial charge is 0.0708 e. The van der Waals surface area contributed by atoms with Crippen LogP contribution in [0.5, 0.6) is 0 Å². The lowest BCUT2D eigenvalue weighted by Gasteiger charge is -2.08. The number of hydrogen-bond acceptors (Lipinski definition) is 3. The lowest BCUT2D eigenvalue weighted by atomic mass is 10.0. The van der Waals surface area contributed by atoms with Gasteiger partial charge in [0.2, 0.25) is 0 Å². The third-order valence-corrected chi connectivity index (χ3v) is 4.22. The molecule has 0 bridgehead atoms. The molecule has 1 aromatic carbocycles. The Morgan fingerprint density at radius 3 is 2.67 bits per heavy atom. The van der Waals surface area contributed by atoms with E-state index in [1.54, 1.807) is 0 Å². The summed E-state index contributed by atoms with van der Waals surface area (Å²) in [6.07, 6.45) is 5.64. The second kappa shape index (κ2) is 5.89. The molecule has 4 nitrogen and oxygen atoms in total. The van der Waals surface area contributed by atoms with E-state index in [0.717, 1.165) is 40.1 Å². The van der Waals surface area contributed by atoms with Crippen LogP contribution in [0.2, 0.25) is 0 Å². The molecule has 4 heteroatoms. The van der Waals surface area contributed by atoms with Gasteiger partial charge in [-0.15, -0.1) is 0 Å². The Hall–Kier alpha value is -3.01. The van der Waals surface area contributed by atoms with Crippen LogP contribution in [0.3, 0.4) is 0 Å². The summed E-state index contributed by atoms with van der Waals surface area (Å²) < 4.78 is 2.01.